The molecule has 2 N–H and O–H groups in total. The highest BCUT2D eigenvalue weighted by Crippen LogP contribution is 2.30. The number of carbonyl (C=O) groups excluding carboxylic acids is 1. The van der Waals surface area contributed by atoms with Crippen molar-refractivity contribution in [3.63, 3.8) is 0 Å². The number of nitrogens with two attached hydrogens (primary N) is 1. The maximum absolute atomic E-state index is 12.0. The Kier molecular flexibility index (Phi) is 5.10. The van der Waals surface area contributed by atoms with Crippen molar-refractivity contribution in [1.82, 2.24) is 4.90 Å². The molecule has 116 valence electrons. The molecule has 0 aliphatic heterocycles. The van der Waals surface area contributed by atoms with E-state index < -0.39 is 0 Å². The van der Waals surface area contributed by atoms with Crippen LogP contribution in [0.1, 0.15) is 48.9 Å². The molecule has 0 atom stereocenters. The van der Waals surface area contributed by atoms with Gasteiger partial charge in [0.1, 0.15) is 0 Å². The first-order chi connectivity index (χ1) is 10.0. The van der Waals surface area contributed by atoms with Gasteiger partial charge in [0.2, 0.25) is 0 Å². The van der Waals surface area contributed by atoms with Gasteiger partial charge in [0.25, 0.3) is 5.91 Å². The van der Waals surface area contributed by atoms with E-state index in [1.807, 2.05) is 12.1 Å². The molecule has 1 aliphatic rings. The van der Waals surface area contributed by atoms with Gasteiger partial charge in [-0.3, -0.25) is 4.79 Å². The predicted molar refractivity (Wildman–Crippen MR) is 88.8 cm³/mol. The molecule has 1 aliphatic carbocycles. The molecule has 0 unspecified atom stereocenters. The number of hydrogen-bond donors (Lipinski definition) is 1. The van der Waals surface area contributed by atoms with Crippen molar-refractivity contribution < 1.29 is 4.79 Å². The van der Waals surface area contributed by atoms with Gasteiger partial charge >= 0.3 is 0 Å². The molecule has 0 saturated heterocycles. The lowest BCUT2D eigenvalue weighted by molar-refractivity contribution is 0.0827. The lowest BCUT2D eigenvalue weighted by atomic mass is 10.1. The van der Waals surface area contributed by atoms with Crippen LogP contribution in [0.3, 0.4) is 0 Å². The highest BCUT2D eigenvalue weighted by Gasteiger charge is 2.19. The molecule has 0 heterocycles. The van der Waals surface area contributed by atoms with Gasteiger partial charge in [0.15, 0.2) is 0 Å². The van der Waals surface area contributed by atoms with Crippen LogP contribution in [0.4, 0.5) is 11.4 Å². The van der Waals surface area contributed by atoms with Crippen LogP contribution in [0.5, 0.6) is 0 Å². The summed E-state index contributed by atoms with van der Waals surface area (Å²) in [4.78, 5) is 15.9. The zero-order valence-corrected chi connectivity index (χ0v) is 13.4. The van der Waals surface area contributed by atoms with Gasteiger partial charge in [-0.25, -0.2) is 0 Å². The van der Waals surface area contributed by atoms with Crippen molar-refractivity contribution in [3.05, 3.63) is 23.8 Å². The van der Waals surface area contributed by atoms with Crippen LogP contribution in [0.25, 0.3) is 0 Å². The quantitative estimate of drug-likeness (QED) is 0.687. The second kappa shape index (κ2) is 6.83. The molecule has 1 aromatic carbocycles. The van der Waals surface area contributed by atoms with Crippen LogP contribution >= 0.6 is 0 Å². The summed E-state index contributed by atoms with van der Waals surface area (Å²) in [5.74, 6) is -0.00892. The average molecular weight is 289 g/mol. The lowest BCUT2D eigenvalue weighted by Crippen LogP contribution is -2.31. The first-order valence-electron chi connectivity index (χ1n) is 7.84. The highest BCUT2D eigenvalue weighted by molar-refractivity contribution is 5.95. The minimum Gasteiger partial charge on any atom is -0.397 e. The lowest BCUT2D eigenvalue weighted by Gasteiger charge is -2.30. The fourth-order valence-corrected chi connectivity index (χ4v) is 3.11. The van der Waals surface area contributed by atoms with E-state index in [9.17, 15) is 4.79 Å². The van der Waals surface area contributed by atoms with Crippen LogP contribution < -0.4 is 10.6 Å². The van der Waals surface area contributed by atoms with Gasteiger partial charge in [0.05, 0.1) is 11.4 Å². The van der Waals surface area contributed by atoms with Gasteiger partial charge in [-0.2, -0.15) is 0 Å². The first kappa shape index (κ1) is 15.7. The van der Waals surface area contributed by atoms with E-state index in [2.05, 4.69) is 11.9 Å². The number of nitrogens with zero attached hydrogens (tertiary/aromatic N) is 2. The maximum atomic E-state index is 12.0. The van der Waals surface area contributed by atoms with E-state index >= 15 is 0 Å². The summed E-state index contributed by atoms with van der Waals surface area (Å²) < 4.78 is 0. The Labute approximate surface area is 127 Å². The van der Waals surface area contributed by atoms with E-state index in [0.717, 1.165) is 5.69 Å². The molecule has 4 heteroatoms. The third-order valence-corrected chi connectivity index (χ3v) is 4.43. The summed E-state index contributed by atoms with van der Waals surface area (Å²) in [5.41, 5.74) is 8.57. The second-order valence-corrected chi connectivity index (χ2v) is 6.23. The van der Waals surface area contributed by atoms with Crippen LogP contribution in [0, 0.1) is 0 Å². The topological polar surface area (TPSA) is 49.6 Å². The van der Waals surface area contributed by atoms with Crippen LogP contribution in [0.2, 0.25) is 0 Å². The fourth-order valence-electron chi connectivity index (χ4n) is 3.11. The monoisotopic (exact) mass is 289 g/mol. The van der Waals surface area contributed by atoms with Gasteiger partial charge < -0.3 is 15.5 Å². The molecule has 1 aromatic rings. The molecule has 0 spiro atoms. The van der Waals surface area contributed by atoms with Crippen molar-refractivity contribution >= 4 is 17.3 Å². The normalized spacial score (nSPS) is 16.3. The number of nitrogen functional groups attached to an aromatic ring is 1. The Morgan fingerprint density at radius 3 is 2.24 bits per heavy atom. The number of hydrogen-bond acceptors (Lipinski definition) is 3. The SMILES string of the molecule is CN(C)C(=O)c1ccc(N(C)C2CCCCCC2)c(N)c1. The molecular weight excluding hydrogens is 262 g/mol. The molecule has 2 rings (SSSR count). The Hall–Kier alpha value is -1.71. The van der Waals surface area contributed by atoms with E-state index in [1.54, 1.807) is 25.1 Å². The van der Waals surface area contributed by atoms with E-state index in [1.165, 1.54) is 38.5 Å². The number of benzene rings is 1. The highest BCUT2D eigenvalue weighted by atomic mass is 16.2. The standard InChI is InChI=1S/C17H27N3O/c1-19(2)17(21)13-10-11-16(15(18)12-13)20(3)14-8-6-4-5-7-9-14/h10-12,14H,4-9,18H2,1-3H3. The number of carbonyl (C=O) groups is 1. The summed E-state index contributed by atoms with van der Waals surface area (Å²) in [5, 5.41) is 0. The molecule has 1 saturated carbocycles. The Bertz CT molecular complexity index is 491. The second-order valence-electron chi connectivity index (χ2n) is 6.23. The summed E-state index contributed by atoms with van der Waals surface area (Å²) in [6, 6.07) is 6.22. The molecule has 1 amide bonds. The third-order valence-electron chi connectivity index (χ3n) is 4.43. The molecule has 0 bridgehead atoms. The Morgan fingerprint density at radius 2 is 1.71 bits per heavy atom. The molecule has 0 radical (unpaired) electrons. The third kappa shape index (κ3) is 3.69. The van der Waals surface area contributed by atoms with Crippen molar-refractivity contribution in [2.24, 2.45) is 0 Å². The molecule has 4 nitrogen and oxygen atoms in total. The zero-order valence-electron chi connectivity index (χ0n) is 13.4. The van der Waals surface area contributed by atoms with Crippen molar-refractivity contribution in [3.8, 4) is 0 Å². The summed E-state index contributed by atoms with van der Waals surface area (Å²) >= 11 is 0. The fraction of sp³-hybridized carbons (Fsp3) is 0.588. The largest absolute Gasteiger partial charge is 0.397 e. The molecular formula is C17H27N3O. The van der Waals surface area contributed by atoms with Gasteiger partial charge in [0, 0.05) is 32.7 Å². The van der Waals surface area contributed by atoms with E-state index in [0.29, 0.717) is 17.3 Å². The van der Waals surface area contributed by atoms with Gasteiger partial charge in [-0.05, 0) is 31.0 Å². The first-order valence-corrected chi connectivity index (χ1v) is 7.84. The van der Waals surface area contributed by atoms with Gasteiger partial charge in [-0.15, -0.1) is 0 Å². The maximum Gasteiger partial charge on any atom is 0.253 e. The molecule has 0 aromatic heterocycles. The minimum atomic E-state index is -0.00892. The van der Waals surface area contributed by atoms with Crippen LogP contribution in [-0.4, -0.2) is 38.0 Å². The molecule has 21 heavy (non-hydrogen) atoms. The van der Waals surface area contributed by atoms with Crippen molar-refractivity contribution in [2.45, 2.75) is 44.6 Å². The zero-order chi connectivity index (χ0) is 15.4. The Balaban J connectivity index is 2.17. The molecule has 1 fully saturated rings. The number of anilines is 2. The summed E-state index contributed by atoms with van der Waals surface area (Å²) in [6.07, 6.45) is 7.74. The minimum absolute atomic E-state index is 0.00892. The van der Waals surface area contributed by atoms with E-state index in [4.69, 9.17) is 5.73 Å². The number of amides is 1. The Morgan fingerprint density at radius 1 is 1.10 bits per heavy atom. The van der Waals surface area contributed by atoms with Crippen molar-refractivity contribution in [1.29, 1.82) is 0 Å². The number of rotatable bonds is 3. The van der Waals surface area contributed by atoms with E-state index in [-0.39, 0.29) is 5.91 Å². The summed E-state index contributed by atoms with van der Waals surface area (Å²) in [7, 11) is 5.63. The smallest absolute Gasteiger partial charge is 0.253 e. The van der Waals surface area contributed by atoms with Crippen LogP contribution in [0.15, 0.2) is 18.2 Å². The van der Waals surface area contributed by atoms with Gasteiger partial charge in [-0.1, -0.05) is 25.7 Å². The summed E-state index contributed by atoms with van der Waals surface area (Å²) in [6.45, 7) is 0. The average Bonchev–Trinajstić information content (AvgIpc) is 2.74. The van der Waals surface area contributed by atoms with Crippen LogP contribution in [-0.2, 0) is 0 Å². The predicted octanol–water partition coefficient (Wildman–Crippen LogP) is 3.13. The van der Waals surface area contributed by atoms with Crippen molar-refractivity contribution in [2.75, 3.05) is 31.8 Å².